The molecule has 0 aliphatic heterocycles. The summed E-state index contributed by atoms with van der Waals surface area (Å²) in [5.74, 6) is -9.28. The van der Waals surface area contributed by atoms with Gasteiger partial charge in [-0.1, -0.05) is 0 Å². The van der Waals surface area contributed by atoms with Crippen molar-refractivity contribution in [3.8, 4) is 5.75 Å². The van der Waals surface area contributed by atoms with E-state index in [1.807, 2.05) is 4.72 Å². The van der Waals surface area contributed by atoms with Crippen LogP contribution in [-0.4, -0.2) is 35.8 Å². The molecule has 0 heterocycles. The van der Waals surface area contributed by atoms with Crippen molar-refractivity contribution in [2.45, 2.75) is 11.3 Å². The lowest BCUT2D eigenvalue weighted by molar-refractivity contribution is 0.196. The van der Waals surface area contributed by atoms with Crippen molar-refractivity contribution < 1.29 is 35.5 Å². The first-order valence-electron chi connectivity index (χ1n) is 5.66. The summed E-state index contributed by atoms with van der Waals surface area (Å²) in [7, 11) is -2.60. The Morgan fingerprint density at radius 2 is 1.52 bits per heavy atom. The van der Waals surface area contributed by atoms with Gasteiger partial charge in [0.15, 0.2) is 22.3 Å². The van der Waals surface area contributed by atoms with Crippen LogP contribution in [0.3, 0.4) is 0 Å². The van der Waals surface area contributed by atoms with Crippen LogP contribution >= 0.6 is 0 Å². The SMILES string of the molecule is COCCCNS(=O)(=O)c1c(F)c(F)c(OC)c(F)c1F. The molecular formula is C11H13F4NO4S. The Morgan fingerprint density at radius 3 is 1.95 bits per heavy atom. The Kier molecular flexibility index (Phi) is 5.93. The lowest BCUT2D eigenvalue weighted by Crippen LogP contribution is -2.28. The van der Waals surface area contributed by atoms with Crippen LogP contribution in [0.2, 0.25) is 0 Å². The van der Waals surface area contributed by atoms with E-state index >= 15 is 0 Å². The molecule has 10 heteroatoms. The lowest BCUT2D eigenvalue weighted by atomic mass is 10.3. The molecule has 5 nitrogen and oxygen atoms in total. The van der Waals surface area contributed by atoms with Crippen molar-refractivity contribution in [3.63, 3.8) is 0 Å². The Morgan fingerprint density at radius 1 is 1.00 bits per heavy atom. The molecule has 0 bridgehead atoms. The minimum absolute atomic E-state index is 0.193. The van der Waals surface area contributed by atoms with Crippen LogP contribution in [-0.2, 0) is 14.8 Å². The summed E-state index contributed by atoms with van der Waals surface area (Å²) in [4.78, 5) is -1.73. The number of hydrogen-bond acceptors (Lipinski definition) is 4. The van der Waals surface area contributed by atoms with Gasteiger partial charge < -0.3 is 9.47 Å². The molecule has 0 spiro atoms. The maximum atomic E-state index is 13.7. The Bertz CT molecular complexity index is 592. The second-order valence-corrected chi connectivity index (χ2v) is 5.57. The predicted octanol–water partition coefficient (Wildman–Crippen LogP) is 1.57. The summed E-state index contributed by atoms with van der Waals surface area (Å²) in [5, 5.41) is 0. The second-order valence-electron chi connectivity index (χ2n) is 3.86. The number of methoxy groups -OCH3 is 2. The standard InChI is InChI=1S/C11H13F4NO4S/c1-19-5-3-4-16-21(17,18)11-8(14)6(12)10(20-2)7(13)9(11)15/h16H,3-5H2,1-2H3. The lowest BCUT2D eigenvalue weighted by Gasteiger charge is -2.12. The van der Waals surface area contributed by atoms with Crippen molar-refractivity contribution in [1.82, 2.24) is 4.72 Å². The molecular weight excluding hydrogens is 318 g/mol. The molecule has 1 rings (SSSR count). The number of sulfonamides is 1. The molecule has 0 fully saturated rings. The van der Waals surface area contributed by atoms with Gasteiger partial charge in [-0.3, -0.25) is 0 Å². The van der Waals surface area contributed by atoms with Crippen LogP contribution in [0.4, 0.5) is 17.6 Å². The highest BCUT2D eigenvalue weighted by molar-refractivity contribution is 7.89. The molecule has 0 aliphatic rings. The Hall–Kier alpha value is -1.39. The molecule has 0 aromatic heterocycles. The number of rotatable bonds is 7. The number of nitrogens with one attached hydrogen (secondary N) is 1. The Balaban J connectivity index is 3.24. The zero-order valence-electron chi connectivity index (χ0n) is 11.2. The van der Waals surface area contributed by atoms with Crippen LogP contribution in [0.15, 0.2) is 4.90 Å². The molecule has 0 radical (unpaired) electrons. The average molecular weight is 331 g/mol. The third kappa shape index (κ3) is 3.63. The summed E-state index contributed by atoms with van der Waals surface area (Å²) in [6.07, 6.45) is 0.208. The first-order valence-corrected chi connectivity index (χ1v) is 7.14. The minimum Gasteiger partial charge on any atom is -0.491 e. The van der Waals surface area contributed by atoms with Gasteiger partial charge in [-0.2, -0.15) is 8.78 Å². The van der Waals surface area contributed by atoms with Gasteiger partial charge in [0.05, 0.1) is 7.11 Å². The van der Waals surface area contributed by atoms with Crippen LogP contribution in [0.1, 0.15) is 6.42 Å². The molecule has 0 saturated carbocycles. The van der Waals surface area contributed by atoms with Gasteiger partial charge in [0.25, 0.3) is 0 Å². The topological polar surface area (TPSA) is 64.6 Å². The molecule has 0 saturated heterocycles. The van der Waals surface area contributed by atoms with Gasteiger partial charge in [-0.15, -0.1) is 0 Å². The number of ether oxygens (including phenoxy) is 2. The number of halogens is 4. The molecule has 120 valence electrons. The monoisotopic (exact) mass is 331 g/mol. The predicted molar refractivity (Wildman–Crippen MR) is 64.5 cm³/mol. The molecule has 21 heavy (non-hydrogen) atoms. The molecule has 0 aliphatic carbocycles. The van der Waals surface area contributed by atoms with Gasteiger partial charge in [0, 0.05) is 20.3 Å². The highest BCUT2D eigenvalue weighted by Gasteiger charge is 2.33. The van der Waals surface area contributed by atoms with E-state index in [2.05, 4.69) is 9.47 Å². The van der Waals surface area contributed by atoms with Crippen LogP contribution < -0.4 is 9.46 Å². The summed E-state index contributed by atoms with van der Waals surface area (Å²) in [6.45, 7) is -0.0247. The van der Waals surface area contributed by atoms with E-state index in [1.165, 1.54) is 7.11 Å². The summed E-state index contributed by atoms with van der Waals surface area (Å²) in [6, 6.07) is 0. The third-order valence-electron chi connectivity index (χ3n) is 2.47. The molecule has 1 aromatic rings. The van der Waals surface area contributed by atoms with Gasteiger partial charge in [0.1, 0.15) is 0 Å². The summed E-state index contributed by atoms with van der Waals surface area (Å²) >= 11 is 0. The maximum Gasteiger partial charge on any atom is 0.246 e. The first kappa shape index (κ1) is 17.7. The number of benzene rings is 1. The second kappa shape index (κ2) is 7.05. The van der Waals surface area contributed by atoms with Gasteiger partial charge in [-0.25, -0.2) is 21.9 Å². The third-order valence-corrected chi connectivity index (χ3v) is 3.95. The average Bonchev–Trinajstić information content (AvgIpc) is 2.42. The summed E-state index contributed by atoms with van der Waals surface area (Å²) < 4.78 is 88.3. The molecule has 1 aromatic carbocycles. The first-order chi connectivity index (χ1) is 9.77. The fourth-order valence-corrected chi connectivity index (χ4v) is 2.71. The molecule has 0 unspecified atom stereocenters. The summed E-state index contributed by atoms with van der Waals surface area (Å²) in [5.41, 5.74) is 0. The fourth-order valence-electron chi connectivity index (χ4n) is 1.50. The maximum absolute atomic E-state index is 13.7. The van der Waals surface area contributed by atoms with Crippen LogP contribution in [0, 0.1) is 23.3 Å². The van der Waals surface area contributed by atoms with E-state index < -0.39 is 43.9 Å². The van der Waals surface area contributed by atoms with E-state index in [9.17, 15) is 26.0 Å². The van der Waals surface area contributed by atoms with E-state index in [-0.39, 0.29) is 19.6 Å². The van der Waals surface area contributed by atoms with E-state index in [0.717, 1.165) is 7.11 Å². The molecule has 1 N–H and O–H groups in total. The molecule has 0 atom stereocenters. The zero-order valence-corrected chi connectivity index (χ0v) is 12.0. The smallest absolute Gasteiger partial charge is 0.246 e. The quantitative estimate of drug-likeness (QED) is 0.468. The van der Waals surface area contributed by atoms with Gasteiger partial charge >= 0.3 is 0 Å². The van der Waals surface area contributed by atoms with Crippen molar-refractivity contribution >= 4 is 10.0 Å². The van der Waals surface area contributed by atoms with Gasteiger partial charge in [-0.05, 0) is 6.42 Å². The van der Waals surface area contributed by atoms with E-state index in [4.69, 9.17) is 0 Å². The van der Waals surface area contributed by atoms with Crippen molar-refractivity contribution in [2.24, 2.45) is 0 Å². The Labute approximate surface area is 118 Å². The van der Waals surface area contributed by atoms with Crippen molar-refractivity contribution in [2.75, 3.05) is 27.4 Å². The normalized spacial score (nSPS) is 11.7. The minimum atomic E-state index is -4.76. The largest absolute Gasteiger partial charge is 0.491 e. The van der Waals surface area contributed by atoms with E-state index in [0.29, 0.717) is 0 Å². The highest BCUT2D eigenvalue weighted by atomic mass is 32.2. The van der Waals surface area contributed by atoms with E-state index in [1.54, 1.807) is 0 Å². The number of hydrogen-bond donors (Lipinski definition) is 1. The van der Waals surface area contributed by atoms with Crippen LogP contribution in [0.25, 0.3) is 0 Å². The molecule has 0 amide bonds. The fraction of sp³-hybridized carbons (Fsp3) is 0.455. The van der Waals surface area contributed by atoms with Crippen molar-refractivity contribution in [1.29, 1.82) is 0 Å². The highest BCUT2D eigenvalue weighted by Crippen LogP contribution is 2.32. The van der Waals surface area contributed by atoms with Crippen molar-refractivity contribution in [3.05, 3.63) is 23.3 Å². The van der Waals surface area contributed by atoms with Crippen LogP contribution in [0.5, 0.6) is 5.75 Å². The van der Waals surface area contributed by atoms with Gasteiger partial charge in [0.2, 0.25) is 21.7 Å². The zero-order chi connectivity index (χ0) is 16.2.